The molecule has 1 aromatic heterocycles. The van der Waals surface area contributed by atoms with Gasteiger partial charge in [-0.15, -0.1) is 11.8 Å². The third-order valence-corrected chi connectivity index (χ3v) is 6.74. The van der Waals surface area contributed by atoms with Crippen LogP contribution in [0.4, 0.5) is 0 Å². The van der Waals surface area contributed by atoms with Crippen molar-refractivity contribution in [2.24, 2.45) is 5.92 Å². The van der Waals surface area contributed by atoms with E-state index in [2.05, 4.69) is 50.3 Å². The molecule has 4 rings (SSSR count). The van der Waals surface area contributed by atoms with E-state index in [1.165, 1.54) is 6.33 Å². The summed E-state index contributed by atoms with van der Waals surface area (Å²) >= 11 is 5.16. The number of rotatable bonds is 8. The molecule has 3 aromatic carbocycles. The molecule has 1 heterocycles. The lowest BCUT2D eigenvalue weighted by atomic mass is 9.90. The Morgan fingerprint density at radius 3 is 2.23 bits per heavy atom. The Kier molecular flexibility index (Phi) is 6.77. The fourth-order valence-electron chi connectivity index (χ4n) is 3.34. The average Bonchev–Trinajstić information content (AvgIpc) is 3.31. The molecule has 0 saturated heterocycles. The lowest BCUT2D eigenvalue weighted by Gasteiger charge is -2.26. The standard InChI is InChI=1S/C24H20BrN3OS/c25-20-13-11-18(12-14-20)23(29)22(15-28-17-26-16-27-28)24(19-7-3-1-4-8-19)30-21-9-5-2-6-10-21/h1-14,16-17,22,24H,15H2/t22-,24+/m1/s1. The van der Waals surface area contributed by atoms with E-state index in [1.54, 1.807) is 22.8 Å². The molecule has 6 heteroatoms. The molecule has 0 fully saturated rings. The number of Topliss-reactive ketones (excluding diaryl/α,β-unsaturated/α-hetero) is 1. The molecular weight excluding hydrogens is 458 g/mol. The molecule has 0 bridgehead atoms. The van der Waals surface area contributed by atoms with Gasteiger partial charge in [-0.25, -0.2) is 4.98 Å². The Morgan fingerprint density at radius 1 is 0.933 bits per heavy atom. The number of nitrogens with zero attached hydrogens (tertiary/aromatic N) is 3. The second kappa shape index (κ2) is 9.87. The molecule has 0 unspecified atom stereocenters. The van der Waals surface area contributed by atoms with E-state index >= 15 is 0 Å². The first-order valence-electron chi connectivity index (χ1n) is 9.59. The molecule has 0 N–H and O–H groups in total. The summed E-state index contributed by atoms with van der Waals surface area (Å²) in [6.07, 6.45) is 3.17. The molecule has 30 heavy (non-hydrogen) atoms. The normalized spacial score (nSPS) is 13.0. The van der Waals surface area contributed by atoms with Gasteiger partial charge in [0.1, 0.15) is 12.7 Å². The van der Waals surface area contributed by atoms with E-state index < -0.39 is 0 Å². The lowest BCUT2D eigenvalue weighted by Crippen LogP contribution is -2.26. The van der Waals surface area contributed by atoms with Crippen LogP contribution >= 0.6 is 27.7 Å². The number of ketones is 1. The molecule has 0 aliphatic carbocycles. The lowest BCUT2D eigenvalue weighted by molar-refractivity contribution is 0.0901. The summed E-state index contributed by atoms with van der Waals surface area (Å²) in [7, 11) is 0. The third-order valence-electron chi connectivity index (χ3n) is 4.82. The van der Waals surface area contributed by atoms with E-state index in [-0.39, 0.29) is 17.0 Å². The number of hydrogen-bond acceptors (Lipinski definition) is 4. The highest BCUT2D eigenvalue weighted by molar-refractivity contribution is 9.10. The van der Waals surface area contributed by atoms with Crippen molar-refractivity contribution in [2.75, 3.05) is 0 Å². The van der Waals surface area contributed by atoms with Crippen molar-refractivity contribution in [3.05, 3.63) is 113 Å². The van der Waals surface area contributed by atoms with Crippen LogP contribution in [0.15, 0.2) is 107 Å². The van der Waals surface area contributed by atoms with Crippen molar-refractivity contribution < 1.29 is 4.79 Å². The van der Waals surface area contributed by atoms with Gasteiger partial charge in [-0.1, -0.05) is 76.6 Å². The zero-order valence-electron chi connectivity index (χ0n) is 16.1. The number of aromatic nitrogens is 3. The smallest absolute Gasteiger partial charge is 0.169 e. The van der Waals surface area contributed by atoms with Gasteiger partial charge in [-0.2, -0.15) is 5.10 Å². The number of thioether (sulfide) groups is 1. The van der Waals surface area contributed by atoms with E-state index in [4.69, 9.17) is 0 Å². The zero-order chi connectivity index (χ0) is 20.8. The summed E-state index contributed by atoms with van der Waals surface area (Å²) in [4.78, 5) is 18.9. The van der Waals surface area contributed by atoms with Crippen molar-refractivity contribution in [1.82, 2.24) is 14.8 Å². The Hall–Kier alpha value is -2.70. The van der Waals surface area contributed by atoms with Gasteiger partial charge in [0.15, 0.2) is 5.78 Å². The molecule has 2 atom stereocenters. The van der Waals surface area contributed by atoms with Crippen molar-refractivity contribution in [1.29, 1.82) is 0 Å². The minimum absolute atomic E-state index is 0.0750. The highest BCUT2D eigenvalue weighted by atomic mass is 79.9. The zero-order valence-corrected chi connectivity index (χ0v) is 18.5. The molecule has 150 valence electrons. The first kappa shape index (κ1) is 20.6. The first-order chi connectivity index (χ1) is 14.7. The summed E-state index contributed by atoms with van der Waals surface area (Å²) in [6.45, 7) is 0.453. The molecule has 0 radical (unpaired) electrons. The summed E-state index contributed by atoms with van der Waals surface area (Å²) in [5.74, 6) is -0.226. The van der Waals surface area contributed by atoms with Gasteiger partial charge in [0, 0.05) is 20.2 Å². The second-order valence-corrected chi connectivity index (χ2v) is 8.99. The van der Waals surface area contributed by atoms with Gasteiger partial charge in [-0.3, -0.25) is 9.48 Å². The Labute approximate surface area is 188 Å². The molecule has 0 saturated carbocycles. The molecular formula is C24H20BrN3OS. The van der Waals surface area contributed by atoms with Gasteiger partial charge in [0.2, 0.25) is 0 Å². The highest BCUT2D eigenvalue weighted by Gasteiger charge is 2.32. The molecule has 4 aromatic rings. The number of benzene rings is 3. The minimum Gasteiger partial charge on any atom is -0.294 e. The van der Waals surface area contributed by atoms with Gasteiger partial charge >= 0.3 is 0 Å². The van der Waals surface area contributed by atoms with Crippen LogP contribution in [0.25, 0.3) is 0 Å². The molecule has 0 aliphatic rings. The van der Waals surface area contributed by atoms with Gasteiger partial charge in [0.25, 0.3) is 0 Å². The van der Waals surface area contributed by atoms with Crippen LogP contribution in [-0.2, 0) is 6.54 Å². The van der Waals surface area contributed by atoms with Crippen molar-refractivity contribution in [3.63, 3.8) is 0 Å². The number of carbonyl (C=O) groups is 1. The van der Waals surface area contributed by atoms with Gasteiger partial charge in [0.05, 0.1) is 12.5 Å². The van der Waals surface area contributed by atoms with Crippen LogP contribution in [0.1, 0.15) is 21.2 Å². The van der Waals surface area contributed by atoms with Gasteiger partial charge in [-0.05, 0) is 29.8 Å². The van der Waals surface area contributed by atoms with E-state index in [1.807, 2.05) is 60.7 Å². The Morgan fingerprint density at radius 2 is 1.60 bits per heavy atom. The molecule has 0 spiro atoms. The molecule has 4 nitrogen and oxygen atoms in total. The second-order valence-electron chi connectivity index (χ2n) is 6.86. The maximum atomic E-state index is 13.7. The highest BCUT2D eigenvalue weighted by Crippen LogP contribution is 2.42. The fourth-order valence-corrected chi connectivity index (χ4v) is 4.88. The number of hydrogen-bond donors (Lipinski definition) is 0. The SMILES string of the molecule is O=C(c1ccc(Br)cc1)[C@@H](Cn1cncn1)[C@@H](Sc1ccccc1)c1ccccc1. The fraction of sp³-hybridized carbons (Fsp3) is 0.125. The van der Waals surface area contributed by atoms with E-state index in [0.29, 0.717) is 12.1 Å². The number of carbonyl (C=O) groups excluding carboxylic acids is 1. The van der Waals surface area contributed by atoms with Crippen LogP contribution in [0.2, 0.25) is 0 Å². The monoisotopic (exact) mass is 477 g/mol. The topological polar surface area (TPSA) is 47.8 Å². The summed E-state index contributed by atoms with van der Waals surface area (Å²) in [5, 5.41) is 4.19. The molecule has 0 aliphatic heterocycles. The predicted molar refractivity (Wildman–Crippen MR) is 123 cm³/mol. The van der Waals surface area contributed by atoms with Crippen LogP contribution in [0.5, 0.6) is 0 Å². The third kappa shape index (κ3) is 5.07. The number of halogens is 1. The Bertz CT molecular complexity index is 1070. The Balaban J connectivity index is 1.75. The van der Waals surface area contributed by atoms with Crippen LogP contribution in [-0.4, -0.2) is 20.5 Å². The maximum Gasteiger partial charge on any atom is 0.169 e. The van der Waals surface area contributed by atoms with Gasteiger partial charge < -0.3 is 0 Å². The summed E-state index contributed by atoms with van der Waals surface area (Å²) < 4.78 is 2.69. The van der Waals surface area contributed by atoms with Crippen LogP contribution < -0.4 is 0 Å². The van der Waals surface area contributed by atoms with Crippen molar-refractivity contribution in [2.45, 2.75) is 16.7 Å². The predicted octanol–water partition coefficient (Wildman–Crippen LogP) is 6.07. The summed E-state index contributed by atoms with van der Waals surface area (Å²) in [6, 6.07) is 28.0. The maximum absolute atomic E-state index is 13.7. The molecule has 0 amide bonds. The van der Waals surface area contributed by atoms with Crippen LogP contribution in [0.3, 0.4) is 0 Å². The van der Waals surface area contributed by atoms with Crippen molar-refractivity contribution in [3.8, 4) is 0 Å². The quantitative estimate of drug-likeness (QED) is 0.228. The van der Waals surface area contributed by atoms with E-state index in [0.717, 1.165) is 14.9 Å². The van der Waals surface area contributed by atoms with Crippen LogP contribution in [0, 0.1) is 5.92 Å². The summed E-state index contributed by atoms with van der Waals surface area (Å²) in [5.41, 5.74) is 1.81. The van der Waals surface area contributed by atoms with Crippen molar-refractivity contribution >= 4 is 33.5 Å². The minimum atomic E-state index is -0.319. The van der Waals surface area contributed by atoms with E-state index in [9.17, 15) is 4.79 Å². The first-order valence-corrected chi connectivity index (χ1v) is 11.3. The largest absolute Gasteiger partial charge is 0.294 e. The average molecular weight is 478 g/mol.